The van der Waals surface area contributed by atoms with Gasteiger partial charge in [0.1, 0.15) is 16.4 Å². The maximum atomic E-state index is 12.7. The predicted octanol–water partition coefficient (Wildman–Crippen LogP) is 4.50. The topological polar surface area (TPSA) is 63.1 Å². The van der Waals surface area contributed by atoms with Crippen LogP contribution in [0.25, 0.3) is 11.0 Å². The fourth-order valence-electron chi connectivity index (χ4n) is 3.51. The molecule has 134 valence electrons. The molecular formula is C22H18N2O2S. The summed E-state index contributed by atoms with van der Waals surface area (Å²) in [6, 6.07) is 25.2. The van der Waals surface area contributed by atoms with Crippen molar-refractivity contribution in [3.05, 3.63) is 95.6 Å². The van der Waals surface area contributed by atoms with Crippen molar-refractivity contribution in [2.24, 2.45) is 0 Å². The molecule has 0 unspecified atom stereocenters. The zero-order valence-electron chi connectivity index (χ0n) is 14.6. The fourth-order valence-corrected chi connectivity index (χ4v) is 4.03. The molecule has 3 aromatic carbocycles. The van der Waals surface area contributed by atoms with Gasteiger partial charge in [-0.2, -0.15) is 8.75 Å². The summed E-state index contributed by atoms with van der Waals surface area (Å²) in [4.78, 5) is 12.7. The van der Waals surface area contributed by atoms with Gasteiger partial charge in [-0.05, 0) is 41.7 Å². The average Bonchev–Trinajstić information content (AvgIpc) is 3.17. The third kappa shape index (κ3) is 3.46. The Morgan fingerprint density at radius 3 is 1.93 bits per heavy atom. The first kappa shape index (κ1) is 17.4. The Bertz CT molecular complexity index is 1020. The molecule has 0 saturated carbocycles. The van der Waals surface area contributed by atoms with Gasteiger partial charge in [0.25, 0.3) is 0 Å². The van der Waals surface area contributed by atoms with E-state index in [1.54, 1.807) is 0 Å². The van der Waals surface area contributed by atoms with Crippen molar-refractivity contribution in [3.8, 4) is 0 Å². The molecule has 0 aliphatic heterocycles. The van der Waals surface area contributed by atoms with Crippen molar-refractivity contribution in [3.63, 3.8) is 0 Å². The SMILES string of the molecule is O=C(O)C(Cc1ccccc1)(Cc1ccccc1)c1ccc2nsnc2c1. The van der Waals surface area contributed by atoms with Crippen LogP contribution < -0.4 is 0 Å². The van der Waals surface area contributed by atoms with E-state index < -0.39 is 11.4 Å². The number of carbonyl (C=O) groups is 1. The van der Waals surface area contributed by atoms with Crippen LogP contribution >= 0.6 is 11.7 Å². The molecule has 0 aliphatic rings. The first-order chi connectivity index (χ1) is 13.2. The van der Waals surface area contributed by atoms with Gasteiger partial charge in [0, 0.05) is 0 Å². The molecule has 0 bridgehead atoms. The second kappa shape index (κ2) is 7.29. The molecule has 0 saturated heterocycles. The molecule has 1 aromatic heterocycles. The molecule has 1 heterocycles. The monoisotopic (exact) mass is 374 g/mol. The summed E-state index contributed by atoms with van der Waals surface area (Å²) in [5.41, 5.74) is 3.19. The summed E-state index contributed by atoms with van der Waals surface area (Å²) >= 11 is 1.14. The van der Waals surface area contributed by atoms with E-state index >= 15 is 0 Å². The molecule has 5 heteroatoms. The van der Waals surface area contributed by atoms with Crippen molar-refractivity contribution in [1.29, 1.82) is 0 Å². The van der Waals surface area contributed by atoms with Crippen LogP contribution in [-0.2, 0) is 23.1 Å². The Labute approximate surface area is 161 Å². The van der Waals surface area contributed by atoms with E-state index in [0.717, 1.165) is 39.5 Å². The van der Waals surface area contributed by atoms with Crippen molar-refractivity contribution in [2.75, 3.05) is 0 Å². The maximum absolute atomic E-state index is 12.7. The Balaban J connectivity index is 1.86. The lowest BCUT2D eigenvalue weighted by Crippen LogP contribution is -2.40. The Morgan fingerprint density at radius 2 is 1.37 bits per heavy atom. The van der Waals surface area contributed by atoms with E-state index in [4.69, 9.17) is 0 Å². The minimum Gasteiger partial charge on any atom is -0.481 e. The van der Waals surface area contributed by atoms with E-state index in [2.05, 4.69) is 8.75 Å². The third-order valence-corrected chi connectivity index (χ3v) is 5.47. The van der Waals surface area contributed by atoms with Crippen LogP contribution in [0, 0.1) is 0 Å². The zero-order chi connectivity index (χ0) is 18.7. The smallest absolute Gasteiger partial charge is 0.314 e. The van der Waals surface area contributed by atoms with Gasteiger partial charge in [0.15, 0.2) is 0 Å². The number of aromatic nitrogens is 2. The number of nitrogens with zero attached hydrogens (tertiary/aromatic N) is 2. The summed E-state index contributed by atoms with van der Waals surface area (Å²) in [6.45, 7) is 0. The Kier molecular flexibility index (Phi) is 4.69. The first-order valence-electron chi connectivity index (χ1n) is 8.71. The third-order valence-electron chi connectivity index (χ3n) is 4.91. The second-order valence-electron chi connectivity index (χ2n) is 6.68. The van der Waals surface area contributed by atoms with Crippen molar-refractivity contribution >= 4 is 28.7 Å². The van der Waals surface area contributed by atoms with Gasteiger partial charge in [0.2, 0.25) is 0 Å². The van der Waals surface area contributed by atoms with E-state index in [-0.39, 0.29) is 0 Å². The van der Waals surface area contributed by atoms with Crippen LogP contribution in [0.3, 0.4) is 0 Å². The Hall–Kier alpha value is -3.05. The molecule has 0 atom stereocenters. The molecule has 1 N–H and O–H groups in total. The number of hydrogen-bond acceptors (Lipinski definition) is 4. The fraction of sp³-hybridized carbons (Fsp3) is 0.136. The molecule has 0 spiro atoms. The van der Waals surface area contributed by atoms with Crippen LogP contribution in [-0.4, -0.2) is 19.8 Å². The number of aliphatic carboxylic acids is 1. The van der Waals surface area contributed by atoms with Crippen LogP contribution in [0.1, 0.15) is 16.7 Å². The second-order valence-corrected chi connectivity index (χ2v) is 7.21. The summed E-state index contributed by atoms with van der Waals surface area (Å²) < 4.78 is 8.54. The normalized spacial score (nSPS) is 11.6. The summed E-state index contributed by atoms with van der Waals surface area (Å²) in [6.07, 6.45) is 0.808. The summed E-state index contributed by atoms with van der Waals surface area (Å²) in [5.74, 6) is -0.835. The lowest BCUT2D eigenvalue weighted by atomic mass is 9.71. The highest BCUT2D eigenvalue weighted by Gasteiger charge is 2.41. The molecule has 4 aromatic rings. The molecule has 0 fully saturated rings. The standard InChI is InChI=1S/C22H18N2O2S/c25-21(26)22(14-16-7-3-1-4-8-16,15-17-9-5-2-6-10-17)18-11-12-19-20(13-18)24-27-23-19/h1-13H,14-15H2,(H,25,26). The number of carboxylic acids is 1. The molecule has 0 aliphatic carbocycles. The maximum Gasteiger partial charge on any atom is 0.314 e. The van der Waals surface area contributed by atoms with E-state index in [1.807, 2.05) is 78.9 Å². The van der Waals surface area contributed by atoms with Gasteiger partial charge in [-0.15, -0.1) is 0 Å². The van der Waals surface area contributed by atoms with Gasteiger partial charge in [0.05, 0.1) is 11.7 Å². The van der Waals surface area contributed by atoms with E-state index in [0.29, 0.717) is 12.8 Å². The van der Waals surface area contributed by atoms with Crippen molar-refractivity contribution in [2.45, 2.75) is 18.3 Å². The number of fused-ring (bicyclic) bond motifs is 1. The highest BCUT2D eigenvalue weighted by molar-refractivity contribution is 7.00. The van der Waals surface area contributed by atoms with Gasteiger partial charge in [-0.3, -0.25) is 4.79 Å². The lowest BCUT2D eigenvalue weighted by Gasteiger charge is -2.30. The zero-order valence-corrected chi connectivity index (χ0v) is 15.4. The van der Waals surface area contributed by atoms with E-state index in [1.165, 1.54) is 0 Å². The van der Waals surface area contributed by atoms with Gasteiger partial charge >= 0.3 is 5.97 Å². The first-order valence-corrected chi connectivity index (χ1v) is 9.44. The average molecular weight is 374 g/mol. The summed E-state index contributed by atoms with van der Waals surface area (Å²) in [7, 11) is 0. The van der Waals surface area contributed by atoms with Crippen LogP contribution in [0.4, 0.5) is 0 Å². The Morgan fingerprint density at radius 1 is 0.815 bits per heavy atom. The lowest BCUT2D eigenvalue weighted by molar-refractivity contribution is -0.143. The minimum atomic E-state index is -1.08. The van der Waals surface area contributed by atoms with Crippen LogP contribution in [0.2, 0.25) is 0 Å². The van der Waals surface area contributed by atoms with Crippen LogP contribution in [0.5, 0.6) is 0 Å². The molecule has 27 heavy (non-hydrogen) atoms. The molecule has 4 nitrogen and oxygen atoms in total. The largest absolute Gasteiger partial charge is 0.481 e. The number of benzene rings is 3. The molecular weight excluding hydrogens is 356 g/mol. The van der Waals surface area contributed by atoms with Crippen molar-refractivity contribution in [1.82, 2.24) is 8.75 Å². The quantitative estimate of drug-likeness (QED) is 0.540. The highest BCUT2D eigenvalue weighted by atomic mass is 32.1. The number of carboxylic acid groups (broad SMARTS) is 1. The van der Waals surface area contributed by atoms with Gasteiger partial charge in [-0.1, -0.05) is 66.7 Å². The molecule has 0 amide bonds. The molecule has 0 radical (unpaired) electrons. The van der Waals surface area contributed by atoms with Gasteiger partial charge < -0.3 is 5.11 Å². The number of hydrogen-bond donors (Lipinski definition) is 1. The predicted molar refractivity (Wildman–Crippen MR) is 107 cm³/mol. The van der Waals surface area contributed by atoms with Crippen molar-refractivity contribution < 1.29 is 9.90 Å². The summed E-state index contributed by atoms with van der Waals surface area (Å²) in [5, 5.41) is 10.4. The van der Waals surface area contributed by atoms with E-state index in [9.17, 15) is 9.90 Å². The highest BCUT2D eigenvalue weighted by Crippen LogP contribution is 2.34. The molecule has 4 rings (SSSR count). The number of rotatable bonds is 6. The minimum absolute atomic E-state index is 0.404. The van der Waals surface area contributed by atoms with Gasteiger partial charge in [-0.25, -0.2) is 0 Å². The van der Waals surface area contributed by atoms with Crippen LogP contribution in [0.15, 0.2) is 78.9 Å².